The highest BCUT2D eigenvalue weighted by atomic mass is 19.1. The Kier molecular flexibility index (Phi) is 7.17. The maximum atomic E-state index is 13.7. The lowest BCUT2D eigenvalue weighted by atomic mass is 9.82. The number of aliphatic hydroxyl groups is 1. The van der Waals surface area contributed by atoms with Gasteiger partial charge in [-0.05, 0) is 75.4 Å². The first-order valence-corrected chi connectivity index (χ1v) is 12.0. The first kappa shape index (κ1) is 24.8. The van der Waals surface area contributed by atoms with E-state index in [4.69, 9.17) is 4.74 Å². The van der Waals surface area contributed by atoms with Crippen molar-refractivity contribution < 1.29 is 19.0 Å². The molecule has 4 rings (SSSR count). The van der Waals surface area contributed by atoms with Crippen molar-refractivity contribution in [1.82, 2.24) is 14.9 Å². The second kappa shape index (κ2) is 10.1. The third-order valence-electron chi connectivity index (χ3n) is 6.81. The summed E-state index contributed by atoms with van der Waals surface area (Å²) < 4.78 is 19.8. The van der Waals surface area contributed by atoms with Crippen molar-refractivity contribution in [3.05, 3.63) is 82.6 Å². The van der Waals surface area contributed by atoms with Gasteiger partial charge in [-0.2, -0.15) is 0 Å². The Hall–Kier alpha value is -3.32. The number of hydrogen-bond acceptors (Lipinski definition) is 5. The number of benzene rings is 2. The highest BCUT2D eigenvalue weighted by Gasteiger charge is 2.44. The van der Waals surface area contributed by atoms with Gasteiger partial charge in [-0.3, -0.25) is 0 Å². The molecule has 0 spiro atoms. The normalized spacial score (nSPS) is 18.9. The van der Waals surface area contributed by atoms with Crippen LogP contribution in [0.3, 0.4) is 0 Å². The fourth-order valence-corrected chi connectivity index (χ4v) is 5.00. The molecule has 7 heteroatoms. The van der Waals surface area contributed by atoms with Crippen LogP contribution in [0.25, 0.3) is 11.3 Å². The number of rotatable bonds is 7. The average Bonchev–Trinajstić information content (AvgIpc) is 2.82. The molecule has 1 aliphatic rings. The number of carbonyl (C=O) groups is 1. The highest BCUT2D eigenvalue weighted by Crippen LogP contribution is 2.42. The Morgan fingerprint density at radius 1 is 1.11 bits per heavy atom. The Morgan fingerprint density at radius 2 is 1.86 bits per heavy atom. The molecule has 1 amide bonds. The van der Waals surface area contributed by atoms with E-state index in [1.807, 2.05) is 58.0 Å². The van der Waals surface area contributed by atoms with Crippen LogP contribution in [0, 0.1) is 26.6 Å². The SMILES string of the molecule is Cc1cc(-c2ccc([C@H](C)N3CC[C@](CCCO)(c4ccc(F)cc4C)OC3=O)cc2)nc(C)n1. The number of aromatic nitrogens is 2. The molecule has 1 aromatic heterocycles. The van der Waals surface area contributed by atoms with Crippen LogP contribution < -0.4 is 0 Å². The molecule has 0 unspecified atom stereocenters. The predicted molar refractivity (Wildman–Crippen MR) is 132 cm³/mol. The molecule has 184 valence electrons. The Bertz CT molecular complexity index is 1190. The number of nitrogens with zero attached hydrogens (tertiary/aromatic N) is 3. The van der Waals surface area contributed by atoms with Crippen LogP contribution in [0.4, 0.5) is 9.18 Å². The number of halogens is 1. The van der Waals surface area contributed by atoms with Crippen molar-refractivity contribution >= 4 is 6.09 Å². The summed E-state index contributed by atoms with van der Waals surface area (Å²) in [5, 5.41) is 9.44. The van der Waals surface area contributed by atoms with Crippen molar-refractivity contribution in [2.24, 2.45) is 0 Å². The Morgan fingerprint density at radius 3 is 2.49 bits per heavy atom. The van der Waals surface area contributed by atoms with Crippen LogP contribution >= 0.6 is 0 Å². The fourth-order valence-electron chi connectivity index (χ4n) is 5.00. The van der Waals surface area contributed by atoms with Gasteiger partial charge in [-0.25, -0.2) is 19.2 Å². The minimum absolute atomic E-state index is 0.00259. The molecule has 1 aliphatic heterocycles. The summed E-state index contributed by atoms with van der Waals surface area (Å²) in [7, 11) is 0. The van der Waals surface area contributed by atoms with Gasteiger partial charge in [0.1, 0.15) is 17.2 Å². The van der Waals surface area contributed by atoms with Crippen molar-refractivity contribution in [1.29, 1.82) is 0 Å². The van der Waals surface area contributed by atoms with Crippen LogP contribution in [-0.4, -0.2) is 39.2 Å². The second-order valence-corrected chi connectivity index (χ2v) is 9.33. The molecule has 3 aromatic rings. The number of amides is 1. The number of cyclic esters (lactones) is 1. The zero-order valence-electron chi connectivity index (χ0n) is 20.7. The summed E-state index contributed by atoms with van der Waals surface area (Å²) in [6.45, 7) is 8.13. The van der Waals surface area contributed by atoms with Gasteiger partial charge in [0.25, 0.3) is 0 Å². The second-order valence-electron chi connectivity index (χ2n) is 9.33. The van der Waals surface area contributed by atoms with Gasteiger partial charge in [0.15, 0.2) is 0 Å². The van der Waals surface area contributed by atoms with E-state index in [1.165, 1.54) is 12.1 Å². The molecule has 2 heterocycles. The number of ether oxygens (including phenoxy) is 1. The summed E-state index contributed by atoms with van der Waals surface area (Å²) in [6, 6.07) is 14.4. The minimum atomic E-state index is -0.875. The van der Waals surface area contributed by atoms with Crippen molar-refractivity contribution in [3.8, 4) is 11.3 Å². The largest absolute Gasteiger partial charge is 0.438 e. The molecule has 1 N–H and O–H groups in total. The first-order valence-electron chi connectivity index (χ1n) is 12.0. The van der Waals surface area contributed by atoms with Crippen molar-refractivity contribution in [2.75, 3.05) is 13.2 Å². The maximum absolute atomic E-state index is 13.7. The smallest absolute Gasteiger partial charge is 0.411 e. The molecule has 1 fully saturated rings. The number of aliphatic hydroxyl groups excluding tert-OH is 1. The summed E-state index contributed by atoms with van der Waals surface area (Å²) >= 11 is 0. The van der Waals surface area contributed by atoms with Gasteiger partial charge in [0.2, 0.25) is 0 Å². The molecule has 35 heavy (non-hydrogen) atoms. The van der Waals surface area contributed by atoms with Crippen LogP contribution in [0.2, 0.25) is 0 Å². The van der Waals surface area contributed by atoms with E-state index in [0.29, 0.717) is 25.8 Å². The maximum Gasteiger partial charge on any atom is 0.411 e. The van der Waals surface area contributed by atoms with E-state index in [1.54, 1.807) is 11.0 Å². The van der Waals surface area contributed by atoms with Gasteiger partial charge in [-0.1, -0.05) is 30.3 Å². The lowest BCUT2D eigenvalue weighted by molar-refractivity contribution is -0.0683. The predicted octanol–water partition coefficient (Wildman–Crippen LogP) is 5.78. The van der Waals surface area contributed by atoms with E-state index >= 15 is 0 Å². The zero-order chi connectivity index (χ0) is 25.2. The zero-order valence-corrected chi connectivity index (χ0v) is 20.7. The monoisotopic (exact) mass is 477 g/mol. The molecule has 0 radical (unpaired) electrons. The number of hydrogen-bond donors (Lipinski definition) is 1. The standard InChI is InChI=1S/C28H32FN3O3/c1-18-16-24(29)10-11-25(18)28(12-5-15-33)13-14-32(27(34)35-28)20(3)22-6-8-23(9-7-22)26-17-19(2)30-21(4)31-26/h6-11,16-17,20,33H,5,12-15H2,1-4H3/t20-,28+/m0/s1. The molecule has 0 saturated carbocycles. The average molecular weight is 478 g/mol. The van der Waals surface area contributed by atoms with Gasteiger partial charge < -0.3 is 14.7 Å². The van der Waals surface area contributed by atoms with Crippen LogP contribution in [-0.2, 0) is 10.3 Å². The van der Waals surface area contributed by atoms with E-state index in [9.17, 15) is 14.3 Å². The van der Waals surface area contributed by atoms with Crippen molar-refractivity contribution in [2.45, 2.75) is 58.6 Å². The molecule has 1 saturated heterocycles. The van der Waals surface area contributed by atoms with Gasteiger partial charge in [-0.15, -0.1) is 0 Å². The summed E-state index contributed by atoms with van der Waals surface area (Å²) in [6.07, 6.45) is 1.13. The fraction of sp³-hybridized carbons (Fsp3) is 0.393. The first-order chi connectivity index (χ1) is 16.7. The molecule has 0 aliphatic carbocycles. The molecule has 0 bridgehead atoms. The molecular weight excluding hydrogens is 445 g/mol. The summed E-state index contributed by atoms with van der Waals surface area (Å²) in [5.41, 5.74) is 4.44. The van der Waals surface area contributed by atoms with Crippen LogP contribution in [0.5, 0.6) is 0 Å². The quantitative estimate of drug-likeness (QED) is 0.467. The van der Waals surface area contributed by atoms with E-state index < -0.39 is 11.7 Å². The Labute approximate surface area is 205 Å². The van der Waals surface area contributed by atoms with E-state index in [0.717, 1.165) is 39.5 Å². The van der Waals surface area contributed by atoms with E-state index in [-0.39, 0.29) is 18.5 Å². The number of carbonyl (C=O) groups excluding carboxylic acids is 1. The van der Waals surface area contributed by atoms with Gasteiger partial charge >= 0.3 is 6.09 Å². The van der Waals surface area contributed by atoms with Gasteiger partial charge in [0, 0.05) is 30.8 Å². The highest BCUT2D eigenvalue weighted by molar-refractivity contribution is 5.70. The summed E-state index contributed by atoms with van der Waals surface area (Å²) in [4.78, 5) is 23.8. The van der Waals surface area contributed by atoms with Crippen LogP contribution in [0.15, 0.2) is 48.5 Å². The third-order valence-corrected chi connectivity index (χ3v) is 6.81. The van der Waals surface area contributed by atoms with Crippen LogP contribution in [0.1, 0.15) is 60.4 Å². The third kappa shape index (κ3) is 5.20. The lowest BCUT2D eigenvalue weighted by Crippen LogP contribution is -2.49. The van der Waals surface area contributed by atoms with E-state index in [2.05, 4.69) is 9.97 Å². The van der Waals surface area contributed by atoms with Crippen molar-refractivity contribution in [3.63, 3.8) is 0 Å². The minimum Gasteiger partial charge on any atom is -0.438 e. The number of aryl methyl sites for hydroxylation is 3. The molecular formula is C28H32FN3O3. The molecule has 2 atom stereocenters. The Balaban J connectivity index is 1.54. The molecule has 6 nitrogen and oxygen atoms in total. The molecule has 2 aromatic carbocycles. The summed E-state index contributed by atoms with van der Waals surface area (Å²) in [5.74, 6) is 0.409. The topological polar surface area (TPSA) is 75.6 Å². The van der Waals surface area contributed by atoms with Gasteiger partial charge in [0.05, 0.1) is 11.7 Å². The lowest BCUT2D eigenvalue weighted by Gasteiger charge is -2.44.